The van der Waals surface area contributed by atoms with Gasteiger partial charge in [-0.1, -0.05) is 45.1 Å². The van der Waals surface area contributed by atoms with Crippen molar-refractivity contribution in [3.8, 4) is 0 Å². The number of rotatable bonds is 9. The molecule has 3 aliphatic heterocycles. The summed E-state index contributed by atoms with van der Waals surface area (Å²) in [5.41, 5.74) is 6.99. The number of nitrogens with zero attached hydrogens (tertiary/aromatic N) is 3. The molecule has 3 saturated heterocycles. The number of ether oxygens (including phenoxy) is 5. The predicted octanol–water partition coefficient (Wildman–Crippen LogP) is 3.74. The number of likely N-dealkylation sites (N-methyl/N-ethyl adjacent to an activating group) is 1. The fourth-order valence-electron chi connectivity index (χ4n) is 9.17. The number of carbonyl (C=O) groups excluding carboxylic acids is 4. The summed E-state index contributed by atoms with van der Waals surface area (Å²) < 4.78 is 33.5. The molecule has 0 saturated carbocycles. The van der Waals surface area contributed by atoms with E-state index in [2.05, 4.69) is 20.8 Å². The number of carbonyl (C=O) groups is 4. The van der Waals surface area contributed by atoms with Crippen LogP contribution in [0.4, 0.5) is 9.93 Å². The lowest BCUT2D eigenvalue weighted by Gasteiger charge is -2.47. The van der Waals surface area contributed by atoms with Gasteiger partial charge in [0.05, 0.1) is 60.0 Å². The van der Waals surface area contributed by atoms with Gasteiger partial charge in [0.15, 0.2) is 17.2 Å². The summed E-state index contributed by atoms with van der Waals surface area (Å²) >= 11 is 1.26. The number of ketones is 1. The normalized spacial score (nSPS) is 37.4. The third-order valence-electron chi connectivity index (χ3n) is 12.4. The van der Waals surface area contributed by atoms with Gasteiger partial charge >= 0.3 is 12.0 Å². The number of cyclic esters (lactones) is 1. The number of thiazole rings is 1. The zero-order valence-corrected chi connectivity index (χ0v) is 38.5. The molecule has 5 rings (SSSR count). The van der Waals surface area contributed by atoms with Crippen LogP contribution in [0.2, 0.25) is 0 Å². The monoisotopic (exact) mass is 890 g/mol. The molecule has 0 radical (unpaired) electrons. The summed E-state index contributed by atoms with van der Waals surface area (Å²) in [6.07, 6.45) is -5.14. The second-order valence-electron chi connectivity index (χ2n) is 17.8. The van der Waals surface area contributed by atoms with Gasteiger partial charge in [0.25, 0.3) is 0 Å². The number of amides is 3. The van der Waals surface area contributed by atoms with Crippen molar-refractivity contribution in [1.29, 1.82) is 0 Å². The molecule has 62 heavy (non-hydrogen) atoms. The van der Waals surface area contributed by atoms with E-state index >= 15 is 0 Å². The molecule has 346 valence electrons. The maximum Gasteiger partial charge on any atom is 0.318 e. The van der Waals surface area contributed by atoms with Gasteiger partial charge in [-0.25, -0.2) is 14.8 Å². The Labute approximate surface area is 367 Å². The van der Waals surface area contributed by atoms with Gasteiger partial charge in [0.2, 0.25) is 5.91 Å². The molecule has 19 heteroatoms. The van der Waals surface area contributed by atoms with Crippen LogP contribution in [0, 0.1) is 23.7 Å². The zero-order chi connectivity index (χ0) is 45.8. The predicted molar refractivity (Wildman–Crippen MR) is 231 cm³/mol. The van der Waals surface area contributed by atoms with E-state index in [1.807, 2.05) is 51.9 Å². The second kappa shape index (κ2) is 20.6. The summed E-state index contributed by atoms with van der Waals surface area (Å²) in [6.45, 7) is 15.0. The number of benzene rings is 1. The molecule has 0 spiro atoms. The van der Waals surface area contributed by atoms with Crippen LogP contribution >= 0.6 is 11.3 Å². The summed E-state index contributed by atoms with van der Waals surface area (Å²) in [5, 5.41) is 27.0. The van der Waals surface area contributed by atoms with Crippen LogP contribution in [0.1, 0.15) is 87.1 Å². The van der Waals surface area contributed by atoms with Crippen LogP contribution in [0.5, 0.6) is 0 Å². The Morgan fingerprint density at radius 1 is 1.11 bits per heavy atom. The minimum atomic E-state index is -1.85. The van der Waals surface area contributed by atoms with Crippen molar-refractivity contribution in [2.75, 3.05) is 32.6 Å². The number of fused-ring (bicyclic) bond motifs is 6. The van der Waals surface area contributed by atoms with E-state index in [0.717, 1.165) is 10.3 Å². The van der Waals surface area contributed by atoms with E-state index in [4.69, 9.17) is 34.3 Å². The number of anilines is 1. The highest BCUT2D eigenvalue weighted by Crippen LogP contribution is 2.40. The van der Waals surface area contributed by atoms with E-state index < -0.39 is 95.3 Å². The average molecular weight is 891 g/mol. The molecule has 1 aromatic carbocycles. The lowest BCUT2D eigenvalue weighted by molar-refractivity contribution is -0.298. The number of hydrogen-bond acceptors (Lipinski definition) is 16. The Morgan fingerprint density at radius 3 is 2.47 bits per heavy atom. The molecule has 6 N–H and O–H groups in total. The Morgan fingerprint density at radius 2 is 1.82 bits per heavy atom. The second-order valence-corrected chi connectivity index (χ2v) is 18.9. The van der Waals surface area contributed by atoms with Crippen molar-refractivity contribution < 1.29 is 57.9 Å². The minimum absolute atomic E-state index is 0.0740. The van der Waals surface area contributed by atoms with Gasteiger partial charge in [-0.3, -0.25) is 24.5 Å². The lowest BCUT2D eigenvalue weighted by Crippen LogP contribution is -2.60. The minimum Gasteiger partial charge on any atom is -0.459 e. The standard InChI is InChI=1S/C43H66N6O12S/c1-12-32-43(9,55)37-23(4)33(45-26(7)50)21(2)17-42(8,36(24(5)34(51)25(6)38(53)60-32)61-39-35(52)30(49(10)11)15-22(3)59-39)57-20-28(19-56-37)48-58-18-27-13-14-29-31(16-27)62-41(46-29)47-40(44)54/h13-14,16,21-25,28,30,32,35-37,39,48,52,55H,12,15,17-20H2,1-11H3,(H3,44,46,47,54)/t21-,22-,23+,24+,25-,28?,30+,32-,35-,36-,37-,39+,42-,43-/m1/s1. The number of esters is 1. The fraction of sp³-hybridized carbons (Fsp3) is 0.721. The lowest BCUT2D eigenvalue weighted by atomic mass is 9.73. The molecule has 3 fully saturated rings. The molecule has 14 atom stereocenters. The molecular weight excluding hydrogens is 825 g/mol. The van der Waals surface area contributed by atoms with Gasteiger partial charge in [-0.2, -0.15) is 5.48 Å². The van der Waals surface area contributed by atoms with Crippen LogP contribution in [-0.2, 0) is 49.5 Å². The SMILES string of the molecule is CC[C@H]1OC(=O)[C@H](C)C(=O)[C@H](C)[C@@H](O[C@@H]2O[C@H](C)C[C@H](N(C)C)[C@H]2O)[C@@]2(C)C[C@@H](C)C(=NC(C)=O)[C@H](C)[C@@H](OCC(NOCc3ccc4nc(NC(N)=O)sc4c3)CO2)[C@]1(C)O. The van der Waals surface area contributed by atoms with Crippen molar-refractivity contribution in [1.82, 2.24) is 15.4 Å². The van der Waals surface area contributed by atoms with Gasteiger partial charge in [-0.15, -0.1) is 0 Å². The summed E-state index contributed by atoms with van der Waals surface area (Å²) in [6, 6.07) is 3.76. The van der Waals surface area contributed by atoms with Crippen LogP contribution in [0.3, 0.4) is 0 Å². The number of aliphatic hydroxyl groups is 2. The molecule has 1 aromatic heterocycles. The topological polar surface area (TPSA) is 243 Å². The van der Waals surface area contributed by atoms with Gasteiger partial charge < -0.3 is 44.5 Å². The van der Waals surface area contributed by atoms with E-state index in [-0.39, 0.29) is 44.8 Å². The quantitative estimate of drug-likeness (QED) is 0.137. The number of nitrogens with two attached hydrogens (primary N) is 1. The Balaban J connectivity index is 1.60. The summed E-state index contributed by atoms with van der Waals surface area (Å²) in [5.74, 6) is -5.35. The highest BCUT2D eigenvalue weighted by Gasteiger charge is 2.53. The number of aliphatic imine (C=N–C) groups is 1. The van der Waals surface area contributed by atoms with Gasteiger partial charge in [0, 0.05) is 30.5 Å². The Hall–Kier alpha value is -3.50. The van der Waals surface area contributed by atoms with Crippen LogP contribution in [0.25, 0.3) is 10.2 Å². The number of aliphatic hydroxyl groups excluding tert-OH is 1. The highest BCUT2D eigenvalue weighted by molar-refractivity contribution is 7.22. The van der Waals surface area contributed by atoms with Crippen LogP contribution in [0.15, 0.2) is 23.2 Å². The first-order valence-electron chi connectivity index (χ1n) is 21.4. The van der Waals surface area contributed by atoms with Gasteiger partial charge in [-0.05, 0) is 84.7 Å². The van der Waals surface area contributed by atoms with E-state index in [0.29, 0.717) is 22.8 Å². The third-order valence-corrected chi connectivity index (χ3v) is 13.3. The fourth-order valence-corrected chi connectivity index (χ4v) is 10.1. The smallest absolute Gasteiger partial charge is 0.318 e. The first kappa shape index (κ1) is 49.5. The number of hydroxylamine groups is 1. The number of aromatic nitrogens is 1. The Bertz CT molecular complexity index is 1940. The van der Waals surface area contributed by atoms with Crippen molar-refractivity contribution in [2.24, 2.45) is 34.4 Å². The Kier molecular flexibility index (Phi) is 16.4. The maximum absolute atomic E-state index is 14.5. The third kappa shape index (κ3) is 11.4. The summed E-state index contributed by atoms with van der Waals surface area (Å²) in [4.78, 5) is 69.6. The molecule has 2 aromatic rings. The molecule has 2 bridgehead atoms. The molecule has 3 amide bonds. The molecule has 0 aliphatic carbocycles. The first-order chi connectivity index (χ1) is 29.1. The zero-order valence-electron chi connectivity index (χ0n) is 37.7. The maximum atomic E-state index is 14.5. The van der Waals surface area contributed by atoms with E-state index in [1.165, 1.54) is 32.1 Å². The first-order valence-corrected chi connectivity index (χ1v) is 22.2. The van der Waals surface area contributed by atoms with Gasteiger partial charge in [0.1, 0.15) is 23.7 Å². The number of urea groups is 1. The van der Waals surface area contributed by atoms with Crippen molar-refractivity contribution in [3.63, 3.8) is 0 Å². The molecule has 1 unspecified atom stereocenters. The van der Waals surface area contributed by atoms with Crippen molar-refractivity contribution in [3.05, 3.63) is 23.8 Å². The number of Topliss-reactive ketones (excluding diaryl/α,β-unsaturated/α-hetero) is 1. The highest BCUT2D eigenvalue weighted by atomic mass is 32.1. The van der Waals surface area contributed by atoms with E-state index in [1.54, 1.807) is 26.8 Å². The van der Waals surface area contributed by atoms with Crippen molar-refractivity contribution in [2.45, 2.75) is 148 Å². The molecule has 4 heterocycles. The number of primary amides is 1. The number of hydrogen-bond donors (Lipinski definition) is 5. The average Bonchev–Trinajstić information content (AvgIpc) is 3.59. The molecular formula is C43H66N6O12S. The largest absolute Gasteiger partial charge is 0.459 e. The number of nitrogens with one attached hydrogen (secondary N) is 2. The summed E-state index contributed by atoms with van der Waals surface area (Å²) in [7, 11) is 3.72. The van der Waals surface area contributed by atoms with Crippen molar-refractivity contribution >= 4 is 56.1 Å². The molecule has 3 aliphatic rings. The molecule has 18 nitrogen and oxygen atoms in total. The van der Waals surface area contributed by atoms with Crippen LogP contribution in [-0.4, -0.2) is 137 Å². The van der Waals surface area contributed by atoms with E-state index in [9.17, 15) is 29.4 Å². The van der Waals surface area contributed by atoms with Crippen LogP contribution < -0.4 is 16.5 Å².